The van der Waals surface area contributed by atoms with Crippen molar-refractivity contribution in [2.24, 2.45) is 5.92 Å². The summed E-state index contributed by atoms with van der Waals surface area (Å²) in [5, 5.41) is 9.73. The highest BCUT2D eigenvalue weighted by Crippen LogP contribution is 2.30. The summed E-state index contributed by atoms with van der Waals surface area (Å²) in [7, 11) is 3.53. The maximum atomic E-state index is 12.9. The third-order valence-corrected chi connectivity index (χ3v) is 5.41. The van der Waals surface area contributed by atoms with Gasteiger partial charge < -0.3 is 14.9 Å². The first-order valence-electron chi connectivity index (χ1n) is 8.57. The molecule has 25 heavy (non-hydrogen) atoms. The van der Waals surface area contributed by atoms with Gasteiger partial charge in [0, 0.05) is 45.3 Å². The minimum absolute atomic E-state index is 0.0241. The van der Waals surface area contributed by atoms with Gasteiger partial charge in [-0.2, -0.15) is 0 Å². The molecule has 136 valence electrons. The van der Waals surface area contributed by atoms with E-state index in [0.29, 0.717) is 31.1 Å². The Morgan fingerprint density at radius 2 is 2.00 bits per heavy atom. The van der Waals surface area contributed by atoms with Crippen molar-refractivity contribution >= 4 is 23.4 Å². The standard InChI is InChI=1S/C18H24ClN3O3/c1-20(2)17(24)11-21-8-12-3-5-14(10-21)22(9-12)18(25)13-4-6-16(23)15(19)7-13/h4,6-7,12,14,23H,3,5,8-11H2,1-2H3/t12-,14+/m1/s1. The number of phenols is 1. The van der Waals surface area contributed by atoms with Gasteiger partial charge in [0.2, 0.25) is 5.91 Å². The summed E-state index contributed by atoms with van der Waals surface area (Å²) >= 11 is 5.95. The fourth-order valence-electron chi connectivity index (χ4n) is 3.70. The van der Waals surface area contributed by atoms with E-state index in [1.807, 2.05) is 4.90 Å². The second-order valence-electron chi connectivity index (χ2n) is 7.20. The number of benzene rings is 1. The van der Waals surface area contributed by atoms with Crippen LogP contribution in [0.1, 0.15) is 23.2 Å². The monoisotopic (exact) mass is 365 g/mol. The maximum Gasteiger partial charge on any atom is 0.254 e. The van der Waals surface area contributed by atoms with Crippen LogP contribution in [-0.4, -0.2) is 77.9 Å². The lowest BCUT2D eigenvalue weighted by Crippen LogP contribution is -2.47. The second-order valence-corrected chi connectivity index (χ2v) is 7.61. The van der Waals surface area contributed by atoms with E-state index >= 15 is 0 Å². The number of rotatable bonds is 3. The Morgan fingerprint density at radius 1 is 1.24 bits per heavy atom. The van der Waals surface area contributed by atoms with Crippen molar-refractivity contribution in [2.45, 2.75) is 18.9 Å². The smallest absolute Gasteiger partial charge is 0.254 e. The van der Waals surface area contributed by atoms with Gasteiger partial charge in [-0.05, 0) is 37.0 Å². The number of carbonyl (C=O) groups excluding carboxylic acids is 2. The lowest BCUT2D eigenvalue weighted by Gasteiger charge is -2.36. The molecule has 0 unspecified atom stereocenters. The van der Waals surface area contributed by atoms with E-state index in [9.17, 15) is 14.7 Å². The normalized spacial score (nSPS) is 23.4. The highest BCUT2D eigenvalue weighted by atomic mass is 35.5. The minimum Gasteiger partial charge on any atom is -0.506 e. The van der Waals surface area contributed by atoms with Crippen LogP contribution in [0, 0.1) is 5.92 Å². The highest BCUT2D eigenvalue weighted by molar-refractivity contribution is 6.32. The molecule has 0 aliphatic carbocycles. The molecule has 1 aromatic carbocycles. The van der Waals surface area contributed by atoms with Crippen LogP contribution < -0.4 is 0 Å². The molecule has 7 heteroatoms. The van der Waals surface area contributed by atoms with Crippen molar-refractivity contribution in [3.63, 3.8) is 0 Å². The van der Waals surface area contributed by atoms with Gasteiger partial charge in [-0.15, -0.1) is 0 Å². The summed E-state index contributed by atoms with van der Waals surface area (Å²) in [5.41, 5.74) is 0.492. The summed E-state index contributed by atoms with van der Waals surface area (Å²) in [6.45, 7) is 2.66. The van der Waals surface area contributed by atoms with Crippen molar-refractivity contribution in [3.05, 3.63) is 28.8 Å². The Labute approximate surface area is 152 Å². The van der Waals surface area contributed by atoms with E-state index in [0.717, 1.165) is 19.4 Å². The molecular weight excluding hydrogens is 342 g/mol. The Balaban J connectivity index is 1.75. The van der Waals surface area contributed by atoms with E-state index in [1.165, 1.54) is 12.1 Å². The number of hydrogen-bond acceptors (Lipinski definition) is 4. The van der Waals surface area contributed by atoms with Crippen LogP contribution in [0.25, 0.3) is 0 Å². The molecule has 3 aliphatic rings. The number of nitrogens with zero attached hydrogens (tertiary/aromatic N) is 3. The van der Waals surface area contributed by atoms with Gasteiger partial charge in [-0.25, -0.2) is 0 Å². The molecule has 0 radical (unpaired) electrons. The number of hydrogen-bond donors (Lipinski definition) is 1. The van der Waals surface area contributed by atoms with E-state index in [1.54, 1.807) is 25.1 Å². The third-order valence-electron chi connectivity index (χ3n) is 5.10. The Hall–Kier alpha value is -1.79. The van der Waals surface area contributed by atoms with Gasteiger partial charge in [0.1, 0.15) is 5.75 Å². The average molecular weight is 366 g/mol. The largest absolute Gasteiger partial charge is 0.506 e. The molecule has 2 atom stereocenters. The zero-order valence-electron chi connectivity index (χ0n) is 14.6. The van der Waals surface area contributed by atoms with Crippen LogP contribution in [0.4, 0.5) is 0 Å². The van der Waals surface area contributed by atoms with Crippen LogP contribution in [0.3, 0.4) is 0 Å². The Morgan fingerprint density at radius 3 is 2.68 bits per heavy atom. The van der Waals surface area contributed by atoms with Crippen molar-refractivity contribution in [1.82, 2.24) is 14.7 Å². The van der Waals surface area contributed by atoms with E-state index in [-0.39, 0.29) is 28.6 Å². The molecule has 3 aliphatic heterocycles. The van der Waals surface area contributed by atoms with Crippen LogP contribution in [-0.2, 0) is 4.79 Å². The summed E-state index contributed by atoms with van der Waals surface area (Å²) in [6, 6.07) is 4.68. The number of carbonyl (C=O) groups is 2. The fraction of sp³-hybridized carbons (Fsp3) is 0.556. The summed E-state index contributed by atoms with van der Waals surface area (Å²) in [6.07, 6.45) is 2.03. The second kappa shape index (κ2) is 7.22. The number of halogens is 1. The Bertz CT molecular complexity index is 680. The number of amides is 2. The van der Waals surface area contributed by atoms with Crippen molar-refractivity contribution in [2.75, 3.05) is 40.3 Å². The van der Waals surface area contributed by atoms with Gasteiger partial charge in [0.15, 0.2) is 0 Å². The quantitative estimate of drug-likeness (QED) is 0.885. The first-order valence-corrected chi connectivity index (χ1v) is 8.95. The first-order chi connectivity index (χ1) is 11.8. The molecule has 3 heterocycles. The van der Waals surface area contributed by atoms with E-state index in [2.05, 4.69) is 4.90 Å². The van der Waals surface area contributed by atoms with Crippen LogP contribution in [0.5, 0.6) is 5.75 Å². The maximum absolute atomic E-state index is 12.9. The lowest BCUT2D eigenvalue weighted by molar-refractivity contribution is -0.129. The zero-order chi connectivity index (χ0) is 18.1. The molecule has 0 saturated carbocycles. The van der Waals surface area contributed by atoms with Gasteiger partial charge in [0.25, 0.3) is 5.91 Å². The molecule has 2 bridgehead atoms. The third kappa shape index (κ3) is 3.90. The predicted molar refractivity (Wildman–Crippen MR) is 95.8 cm³/mol. The van der Waals surface area contributed by atoms with E-state index in [4.69, 9.17) is 11.6 Å². The lowest BCUT2D eigenvalue weighted by atomic mass is 9.94. The molecule has 3 fully saturated rings. The number of fused-ring (bicyclic) bond motifs is 4. The fourth-order valence-corrected chi connectivity index (χ4v) is 3.88. The van der Waals surface area contributed by atoms with Crippen LogP contribution in [0.2, 0.25) is 5.02 Å². The minimum atomic E-state index is -0.0580. The van der Waals surface area contributed by atoms with Gasteiger partial charge in [-0.1, -0.05) is 11.6 Å². The molecule has 0 spiro atoms. The summed E-state index contributed by atoms with van der Waals surface area (Å²) < 4.78 is 0. The average Bonchev–Trinajstić information content (AvgIpc) is 2.87. The van der Waals surface area contributed by atoms with Gasteiger partial charge in [0.05, 0.1) is 11.6 Å². The molecule has 4 rings (SSSR count). The molecule has 1 aromatic rings. The number of likely N-dealkylation sites (N-methyl/N-ethyl adjacent to an activating group) is 1. The number of aromatic hydroxyl groups is 1. The van der Waals surface area contributed by atoms with Crippen LogP contribution >= 0.6 is 11.6 Å². The van der Waals surface area contributed by atoms with Gasteiger partial charge in [-0.3, -0.25) is 14.5 Å². The predicted octanol–water partition coefficient (Wildman–Crippen LogP) is 1.67. The zero-order valence-corrected chi connectivity index (χ0v) is 15.4. The summed E-state index contributed by atoms with van der Waals surface area (Å²) in [4.78, 5) is 30.7. The van der Waals surface area contributed by atoms with Crippen molar-refractivity contribution in [3.8, 4) is 5.75 Å². The van der Waals surface area contributed by atoms with Crippen molar-refractivity contribution < 1.29 is 14.7 Å². The van der Waals surface area contributed by atoms with Crippen molar-refractivity contribution in [1.29, 1.82) is 0 Å². The first kappa shape index (κ1) is 18.0. The SMILES string of the molecule is CN(C)C(=O)CN1C[C@H]2CC[C@@H](C1)N(C(=O)c1ccc(O)c(Cl)c1)C2. The Kier molecular flexibility index (Phi) is 5.20. The van der Waals surface area contributed by atoms with Gasteiger partial charge >= 0.3 is 0 Å². The topological polar surface area (TPSA) is 64.1 Å². The molecule has 3 saturated heterocycles. The number of phenolic OH excluding ortho intramolecular Hbond substituents is 1. The molecule has 2 amide bonds. The molecule has 0 aromatic heterocycles. The van der Waals surface area contributed by atoms with Crippen LogP contribution in [0.15, 0.2) is 18.2 Å². The summed E-state index contributed by atoms with van der Waals surface area (Å²) in [5.74, 6) is 0.385. The van der Waals surface area contributed by atoms with E-state index < -0.39 is 0 Å². The molecular formula is C18H24ClN3O3. The molecule has 6 nitrogen and oxygen atoms in total. The number of piperidine rings is 1. The molecule has 1 N–H and O–H groups in total. The highest BCUT2D eigenvalue weighted by Gasteiger charge is 2.38.